The van der Waals surface area contributed by atoms with Gasteiger partial charge in [0.2, 0.25) is 5.89 Å². The average Bonchev–Trinajstić information content (AvgIpc) is 2.89. The van der Waals surface area contributed by atoms with Crippen molar-refractivity contribution in [2.75, 3.05) is 5.32 Å². The molecule has 0 bridgehead atoms. The number of anilines is 1. The number of aromatic carboxylic acids is 1. The van der Waals surface area contributed by atoms with Gasteiger partial charge in [0.25, 0.3) is 0 Å². The number of carboxylic acid groups (broad SMARTS) is 1. The summed E-state index contributed by atoms with van der Waals surface area (Å²) in [5.41, 5.74) is 0.816. The maximum Gasteiger partial charge on any atom is 0.336 e. The Morgan fingerprint density at radius 3 is 2.86 bits per heavy atom. The van der Waals surface area contributed by atoms with E-state index in [1.54, 1.807) is 25.1 Å². The normalized spacial score (nSPS) is 10.7. The lowest BCUT2D eigenvalue weighted by Crippen LogP contribution is -2.06. The minimum atomic E-state index is -0.993. The minimum Gasteiger partial charge on any atom is -0.478 e. The fourth-order valence-corrected chi connectivity index (χ4v) is 2.03. The molecule has 7 nitrogen and oxygen atoms in total. The Balaban J connectivity index is 1.93. The summed E-state index contributed by atoms with van der Waals surface area (Å²) in [7, 11) is 0. The third kappa shape index (κ3) is 2.66. The minimum absolute atomic E-state index is 0.201. The van der Waals surface area contributed by atoms with Crippen LogP contribution in [0.3, 0.4) is 0 Å². The van der Waals surface area contributed by atoms with E-state index in [0.717, 1.165) is 0 Å². The van der Waals surface area contributed by atoms with E-state index in [1.165, 1.54) is 6.07 Å². The number of fused-ring (bicyclic) bond motifs is 1. The maximum absolute atomic E-state index is 11.3. The molecule has 21 heavy (non-hydrogen) atoms. The molecular formula is C14H12N4O3. The van der Waals surface area contributed by atoms with Crippen LogP contribution in [-0.2, 0) is 6.54 Å². The monoisotopic (exact) mass is 284 g/mol. The van der Waals surface area contributed by atoms with Crippen LogP contribution in [0, 0.1) is 6.92 Å². The van der Waals surface area contributed by atoms with E-state index in [2.05, 4.69) is 20.4 Å². The molecule has 0 aliphatic rings. The fraction of sp³-hybridized carbons (Fsp3) is 0.143. The number of pyridine rings is 1. The average molecular weight is 284 g/mol. The van der Waals surface area contributed by atoms with Crippen LogP contribution in [0.1, 0.15) is 22.1 Å². The second-order valence-electron chi connectivity index (χ2n) is 4.46. The van der Waals surface area contributed by atoms with Gasteiger partial charge in [0.1, 0.15) is 5.82 Å². The van der Waals surface area contributed by atoms with Crippen LogP contribution in [-0.4, -0.2) is 26.2 Å². The zero-order valence-corrected chi connectivity index (χ0v) is 11.2. The fourth-order valence-electron chi connectivity index (χ4n) is 2.03. The van der Waals surface area contributed by atoms with Crippen LogP contribution < -0.4 is 5.32 Å². The Bertz CT molecular complexity index is 813. The number of nitrogens with zero attached hydrogens (tertiary/aromatic N) is 3. The molecule has 0 amide bonds. The van der Waals surface area contributed by atoms with Gasteiger partial charge in [-0.25, -0.2) is 9.78 Å². The van der Waals surface area contributed by atoms with Gasteiger partial charge in [-0.05, 0) is 12.1 Å². The summed E-state index contributed by atoms with van der Waals surface area (Å²) in [5, 5.41) is 16.7. The molecule has 0 saturated carbocycles. The second-order valence-corrected chi connectivity index (χ2v) is 4.46. The van der Waals surface area contributed by atoms with Crippen molar-refractivity contribution < 1.29 is 14.4 Å². The number of nitrogens with one attached hydrogen (secondary N) is 1. The lowest BCUT2D eigenvalue weighted by Gasteiger charge is -2.07. The van der Waals surface area contributed by atoms with Crippen molar-refractivity contribution in [2.24, 2.45) is 0 Å². The smallest absolute Gasteiger partial charge is 0.336 e. The molecule has 0 saturated heterocycles. The summed E-state index contributed by atoms with van der Waals surface area (Å²) in [6.45, 7) is 2.01. The van der Waals surface area contributed by atoms with E-state index in [-0.39, 0.29) is 5.56 Å². The van der Waals surface area contributed by atoms with Crippen molar-refractivity contribution in [1.82, 2.24) is 15.1 Å². The van der Waals surface area contributed by atoms with E-state index in [4.69, 9.17) is 4.52 Å². The molecule has 3 aromatic rings. The van der Waals surface area contributed by atoms with Gasteiger partial charge >= 0.3 is 5.97 Å². The van der Waals surface area contributed by atoms with Crippen LogP contribution in [0.5, 0.6) is 0 Å². The second kappa shape index (κ2) is 5.20. The van der Waals surface area contributed by atoms with Crippen molar-refractivity contribution >= 4 is 22.7 Å². The zero-order chi connectivity index (χ0) is 14.8. The SMILES string of the molecule is Cc1nc(CNc2cc(C(=O)O)c3ccccc3n2)no1. The number of carbonyl (C=O) groups is 1. The number of aryl methyl sites for hydroxylation is 1. The number of rotatable bonds is 4. The first-order valence-electron chi connectivity index (χ1n) is 6.29. The molecule has 0 atom stereocenters. The summed E-state index contributed by atoms with van der Waals surface area (Å²) in [5.74, 6) is 0.421. The number of carboxylic acids is 1. The number of aromatic nitrogens is 3. The van der Waals surface area contributed by atoms with Crippen LogP contribution >= 0.6 is 0 Å². The highest BCUT2D eigenvalue weighted by Gasteiger charge is 2.12. The van der Waals surface area contributed by atoms with Crippen molar-refractivity contribution in [3.63, 3.8) is 0 Å². The van der Waals surface area contributed by atoms with Gasteiger partial charge in [-0.3, -0.25) is 0 Å². The highest BCUT2D eigenvalue weighted by Crippen LogP contribution is 2.21. The molecule has 0 aliphatic carbocycles. The Morgan fingerprint density at radius 2 is 2.14 bits per heavy atom. The van der Waals surface area contributed by atoms with Gasteiger partial charge in [-0.15, -0.1) is 0 Å². The highest BCUT2D eigenvalue weighted by atomic mass is 16.5. The summed E-state index contributed by atoms with van der Waals surface area (Å²) in [6, 6.07) is 8.60. The number of para-hydroxylation sites is 1. The van der Waals surface area contributed by atoms with E-state index >= 15 is 0 Å². The van der Waals surface area contributed by atoms with Crippen LogP contribution in [0.15, 0.2) is 34.9 Å². The summed E-state index contributed by atoms with van der Waals surface area (Å²) in [4.78, 5) is 19.8. The Hall–Kier alpha value is -2.96. The number of hydrogen-bond acceptors (Lipinski definition) is 6. The van der Waals surface area contributed by atoms with Crippen molar-refractivity contribution in [2.45, 2.75) is 13.5 Å². The number of benzene rings is 1. The lowest BCUT2D eigenvalue weighted by molar-refractivity contribution is 0.0699. The predicted molar refractivity (Wildman–Crippen MR) is 75.1 cm³/mol. The van der Waals surface area contributed by atoms with Gasteiger partial charge in [-0.1, -0.05) is 23.4 Å². The molecular weight excluding hydrogens is 272 g/mol. The van der Waals surface area contributed by atoms with Crippen molar-refractivity contribution in [1.29, 1.82) is 0 Å². The highest BCUT2D eigenvalue weighted by molar-refractivity contribution is 6.03. The maximum atomic E-state index is 11.3. The van der Waals surface area contributed by atoms with Gasteiger partial charge in [0.05, 0.1) is 17.6 Å². The van der Waals surface area contributed by atoms with Crippen LogP contribution in [0.25, 0.3) is 10.9 Å². The lowest BCUT2D eigenvalue weighted by atomic mass is 10.1. The van der Waals surface area contributed by atoms with Crippen molar-refractivity contribution in [3.05, 3.63) is 47.6 Å². The molecule has 3 rings (SSSR count). The number of hydrogen-bond donors (Lipinski definition) is 2. The molecule has 2 N–H and O–H groups in total. The molecule has 0 aliphatic heterocycles. The van der Waals surface area contributed by atoms with Crippen molar-refractivity contribution in [3.8, 4) is 0 Å². The van der Waals surface area contributed by atoms with E-state index < -0.39 is 5.97 Å². The topological polar surface area (TPSA) is 101 Å². The molecule has 0 fully saturated rings. The van der Waals surface area contributed by atoms with Crippen LogP contribution in [0.2, 0.25) is 0 Å². The van der Waals surface area contributed by atoms with E-state index in [9.17, 15) is 9.90 Å². The quantitative estimate of drug-likeness (QED) is 0.757. The third-order valence-electron chi connectivity index (χ3n) is 2.94. The molecule has 2 heterocycles. The first kappa shape index (κ1) is 13.0. The van der Waals surface area contributed by atoms with E-state index in [1.807, 2.05) is 6.07 Å². The van der Waals surface area contributed by atoms with Gasteiger partial charge in [-0.2, -0.15) is 4.98 Å². The first-order valence-corrected chi connectivity index (χ1v) is 6.29. The third-order valence-corrected chi connectivity index (χ3v) is 2.94. The molecule has 0 unspecified atom stereocenters. The molecule has 0 radical (unpaired) electrons. The summed E-state index contributed by atoms with van der Waals surface area (Å²) < 4.78 is 4.87. The largest absolute Gasteiger partial charge is 0.478 e. The molecule has 2 aromatic heterocycles. The standard InChI is InChI=1S/C14H12N4O3/c1-8-16-13(18-21-8)7-15-12-6-10(14(19)20)9-4-2-3-5-11(9)17-12/h2-6H,7H2,1H3,(H,15,17)(H,19,20). The molecule has 1 aromatic carbocycles. The van der Waals surface area contributed by atoms with Crippen LogP contribution in [0.4, 0.5) is 5.82 Å². The summed E-state index contributed by atoms with van der Waals surface area (Å²) in [6.07, 6.45) is 0. The Morgan fingerprint density at radius 1 is 1.33 bits per heavy atom. The Labute approximate surface area is 119 Å². The zero-order valence-electron chi connectivity index (χ0n) is 11.2. The van der Waals surface area contributed by atoms with Gasteiger partial charge in [0.15, 0.2) is 5.82 Å². The van der Waals surface area contributed by atoms with E-state index in [0.29, 0.717) is 35.0 Å². The van der Waals surface area contributed by atoms with Gasteiger partial charge < -0.3 is 14.9 Å². The van der Waals surface area contributed by atoms with Gasteiger partial charge in [0, 0.05) is 12.3 Å². The molecule has 0 spiro atoms. The Kier molecular flexibility index (Phi) is 3.23. The summed E-state index contributed by atoms with van der Waals surface area (Å²) >= 11 is 0. The molecule has 106 valence electrons. The molecule has 7 heteroatoms. The first-order chi connectivity index (χ1) is 10.1. The predicted octanol–water partition coefficient (Wildman–Crippen LogP) is 2.24.